The highest BCUT2D eigenvalue weighted by Crippen LogP contribution is 2.43. The number of fused-ring (bicyclic) bond motifs is 1. The molecule has 0 bridgehead atoms. The van der Waals surface area contributed by atoms with E-state index in [0.717, 1.165) is 22.0 Å². The van der Waals surface area contributed by atoms with Crippen LogP contribution in [-0.4, -0.2) is 38.8 Å². The predicted octanol–water partition coefficient (Wildman–Crippen LogP) is 4.19. The van der Waals surface area contributed by atoms with Gasteiger partial charge >= 0.3 is 0 Å². The molecule has 1 unspecified atom stereocenters. The summed E-state index contributed by atoms with van der Waals surface area (Å²) in [5.74, 6) is -1.01. The molecule has 0 spiro atoms. The maximum atomic E-state index is 13.3. The van der Waals surface area contributed by atoms with Crippen LogP contribution in [-0.2, 0) is 16.1 Å². The van der Waals surface area contributed by atoms with Crippen molar-refractivity contribution in [2.75, 3.05) is 7.11 Å². The number of carbonyl (C=O) groups excluding carboxylic acids is 2. The maximum Gasteiger partial charge on any atom is 0.295 e. The summed E-state index contributed by atoms with van der Waals surface area (Å²) in [6.45, 7) is 0.145. The van der Waals surface area contributed by atoms with Gasteiger partial charge in [0.05, 0.1) is 25.3 Å². The third kappa shape index (κ3) is 3.43. The van der Waals surface area contributed by atoms with E-state index in [1.54, 1.807) is 25.4 Å². The van der Waals surface area contributed by atoms with Crippen molar-refractivity contribution >= 4 is 28.4 Å². The fourth-order valence-corrected chi connectivity index (χ4v) is 4.37. The number of rotatable bonds is 5. The number of ketones is 1. The van der Waals surface area contributed by atoms with Gasteiger partial charge < -0.3 is 19.7 Å². The van der Waals surface area contributed by atoms with E-state index in [9.17, 15) is 14.7 Å². The third-order valence-electron chi connectivity index (χ3n) is 5.94. The molecule has 0 saturated carbocycles. The maximum absolute atomic E-state index is 13.3. The second-order valence-corrected chi connectivity index (χ2v) is 7.76. The SMILES string of the molecule is COc1ccccc1CN1C(=O)C(=O)/C(=C(/O)c2ccncc2)C1c1c[nH]c2ccccc12. The molecule has 2 N–H and O–H groups in total. The number of methoxy groups -OCH3 is 1. The summed E-state index contributed by atoms with van der Waals surface area (Å²) in [6, 6.07) is 17.5. The van der Waals surface area contributed by atoms with Crippen LogP contribution in [0, 0.1) is 0 Å². The van der Waals surface area contributed by atoms with E-state index in [1.165, 1.54) is 17.3 Å². The normalized spacial score (nSPS) is 17.6. The van der Waals surface area contributed by atoms with E-state index in [2.05, 4.69) is 9.97 Å². The summed E-state index contributed by atoms with van der Waals surface area (Å²) in [5.41, 5.74) is 2.83. The minimum absolute atomic E-state index is 0.0471. The molecule has 1 saturated heterocycles. The number of pyridine rings is 1. The molecule has 7 heteroatoms. The number of benzene rings is 2. The van der Waals surface area contributed by atoms with E-state index >= 15 is 0 Å². The van der Waals surface area contributed by atoms with E-state index < -0.39 is 17.7 Å². The zero-order chi connectivity index (χ0) is 22.9. The quantitative estimate of drug-likeness (QED) is 0.276. The average molecular weight is 439 g/mol. The number of aromatic amines is 1. The van der Waals surface area contributed by atoms with Gasteiger partial charge in [-0.3, -0.25) is 14.6 Å². The topological polar surface area (TPSA) is 95.5 Å². The number of H-pyrrole nitrogens is 1. The largest absolute Gasteiger partial charge is 0.507 e. The summed E-state index contributed by atoms with van der Waals surface area (Å²) < 4.78 is 5.46. The molecule has 33 heavy (non-hydrogen) atoms. The molecule has 1 atom stereocenters. The van der Waals surface area contributed by atoms with Crippen molar-refractivity contribution < 1.29 is 19.4 Å². The minimum Gasteiger partial charge on any atom is -0.507 e. The number of carbonyl (C=O) groups is 2. The molecule has 2 aromatic carbocycles. The number of nitrogens with one attached hydrogen (secondary N) is 1. The highest BCUT2D eigenvalue weighted by molar-refractivity contribution is 6.46. The summed E-state index contributed by atoms with van der Waals surface area (Å²) in [4.78, 5) is 35.2. The zero-order valence-electron chi connectivity index (χ0n) is 17.9. The van der Waals surface area contributed by atoms with Gasteiger partial charge in [-0.2, -0.15) is 0 Å². The molecule has 1 fully saturated rings. The van der Waals surface area contributed by atoms with Crippen LogP contribution < -0.4 is 4.74 Å². The Morgan fingerprint density at radius 2 is 1.79 bits per heavy atom. The number of para-hydroxylation sites is 2. The molecule has 0 radical (unpaired) electrons. The first-order valence-corrected chi connectivity index (χ1v) is 10.5. The van der Waals surface area contributed by atoms with Gasteiger partial charge in [0.2, 0.25) is 0 Å². The molecule has 3 heterocycles. The summed E-state index contributed by atoms with van der Waals surface area (Å²) in [7, 11) is 1.56. The lowest BCUT2D eigenvalue weighted by atomic mass is 9.95. The molecular formula is C26H21N3O4. The number of likely N-dealkylation sites (tertiary alicyclic amines) is 1. The molecule has 1 amide bonds. The van der Waals surface area contributed by atoms with Crippen LogP contribution in [0.3, 0.4) is 0 Å². The van der Waals surface area contributed by atoms with Crippen LogP contribution in [0.4, 0.5) is 0 Å². The van der Waals surface area contributed by atoms with Crippen molar-refractivity contribution in [3.8, 4) is 5.75 Å². The average Bonchev–Trinajstić information content (AvgIpc) is 3.39. The van der Waals surface area contributed by atoms with Crippen LogP contribution in [0.2, 0.25) is 0 Å². The molecule has 2 aromatic heterocycles. The summed E-state index contributed by atoms with van der Waals surface area (Å²) in [5, 5.41) is 12.0. The van der Waals surface area contributed by atoms with Crippen LogP contribution in [0.25, 0.3) is 16.7 Å². The van der Waals surface area contributed by atoms with Gasteiger partial charge in [0, 0.05) is 46.2 Å². The number of Topliss-reactive ketones (excluding diaryl/α,β-unsaturated/α-hetero) is 1. The van der Waals surface area contributed by atoms with E-state index in [4.69, 9.17) is 4.74 Å². The van der Waals surface area contributed by atoms with Crippen molar-refractivity contribution in [2.45, 2.75) is 12.6 Å². The van der Waals surface area contributed by atoms with Crippen molar-refractivity contribution in [3.05, 3.63) is 102 Å². The van der Waals surface area contributed by atoms with Gasteiger partial charge in [0.15, 0.2) is 0 Å². The number of aliphatic hydroxyl groups excluding tert-OH is 1. The molecule has 1 aliphatic rings. The van der Waals surface area contributed by atoms with Crippen molar-refractivity contribution in [1.82, 2.24) is 14.9 Å². The first kappa shape index (κ1) is 20.5. The number of ether oxygens (including phenoxy) is 1. The number of hydrogen-bond acceptors (Lipinski definition) is 5. The third-order valence-corrected chi connectivity index (χ3v) is 5.94. The minimum atomic E-state index is -0.778. The smallest absolute Gasteiger partial charge is 0.295 e. The van der Waals surface area contributed by atoms with Crippen molar-refractivity contribution in [3.63, 3.8) is 0 Å². The fraction of sp³-hybridized carbons (Fsp3) is 0.115. The fourth-order valence-electron chi connectivity index (χ4n) is 4.37. The second-order valence-electron chi connectivity index (χ2n) is 7.76. The molecule has 0 aliphatic carbocycles. The first-order valence-electron chi connectivity index (χ1n) is 10.5. The molecule has 5 rings (SSSR count). The Balaban J connectivity index is 1.71. The number of amides is 1. The Labute approximate surface area is 190 Å². The Morgan fingerprint density at radius 3 is 2.58 bits per heavy atom. The van der Waals surface area contributed by atoms with Crippen LogP contribution in [0.15, 0.2) is 84.8 Å². The predicted molar refractivity (Wildman–Crippen MR) is 123 cm³/mol. The molecular weight excluding hydrogens is 418 g/mol. The highest BCUT2D eigenvalue weighted by atomic mass is 16.5. The van der Waals surface area contributed by atoms with Gasteiger partial charge in [-0.05, 0) is 24.3 Å². The van der Waals surface area contributed by atoms with Crippen molar-refractivity contribution in [1.29, 1.82) is 0 Å². The Bertz CT molecular complexity index is 1390. The Kier molecular flexibility index (Phi) is 5.14. The van der Waals surface area contributed by atoms with Crippen molar-refractivity contribution in [2.24, 2.45) is 0 Å². The van der Waals surface area contributed by atoms with Gasteiger partial charge in [0.1, 0.15) is 11.5 Å². The standard InChI is InChI=1S/C26H21N3O4/c1-33-21-9-5-2-6-17(21)15-29-23(19-14-28-20-8-4-3-7-18(19)20)22(25(31)26(29)32)24(30)16-10-12-27-13-11-16/h2-14,23,28,30H,15H2,1H3/b24-22+. The highest BCUT2D eigenvalue weighted by Gasteiger charge is 2.47. The van der Waals surface area contributed by atoms with Crippen LogP contribution >= 0.6 is 0 Å². The lowest BCUT2D eigenvalue weighted by molar-refractivity contribution is -0.140. The van der Waals surface area contributed by atoms with Gasteiger partial charge in [-0.1, -0.05) is 36.4 Å². The molecule has 1 aliphatic heterocycles. The second kappa shape index (κ2) is 8.27. The Morgan fingerprint density at radius 1 is 1.06 bits per heavy atom. The van der Waals surface area contributed by atoms with Gasteiger partial charge in [-0.15, -0.1) is 0 Å². The monoisotopic (exact) mass is 439 g/mol. The van der Waals surface area contributed by atoms with Gasteiger partial charge in [-0.25, -0.2) is 0 Å². The van der Waals surface area contributed by atoms with E-state index in [1.807, 2.05) is 48.5 Å². The summed E-state index contributed by atoms with van der Waals surface area (Å²) >= 11 is 0. The number of aromatic nitrogens is 2. The zero-order valence-corrected chi connectivity index (χ0v) is 17.9. The lowest BCUT2D eigenvalue weighted by Gasteiger charge is -2.25. The number of hydrogen-bond donors (Lipinski definition) is 2. The number of aliphatic hydroxyl groups is 1. The first-order chi connectivity index (χ1) is 16.1. The molecule has 164 valence electrons. The molecule has 7 nitrogen and oxygen atoms in total. The summed E-state index contributed by atoms with van der Waals surface area (Å²) in [6.07, 6.45) is 4.84. The molecule has 4 aromatic rings. The van der Waals surface area contributed by atoms with Crippen LogP contribution in [0.5, 0.6) is 5.75 Å². The van der Waals surface area contributed by atoms with E-state index in [-0.39, 0.29) is 17.9 Å². The van der Waals surface area contributed by atoms with Gasteiger partial charge in [0.25, 0.3) is 11.7 Å². The number of nitrogens with zero attached hydrogens (tertiary/aromatic N) is 2. The lowest BCUT2D eigenvalue weighted by Crippen LogP contribution is -2.29. The van der Waals surface area contributed by atoms with Crippen LogP contribution in [0.1, 0.15) is 22.7 Å². The van der Waals surface area contributed by atoms with E-state index in [0.29, 0.717) is 11.3 Å². The Hall–Kier alpha value is -4.39.